The van der Waals surface area contributed by atoms with Crippen LogP contribution >= 0.6 is 0 Å². The lowest BCUT2D eigenvalue weighted by Crippen LogP contribution is -2.41. The number of nitrogens with zero attached hydrogens (tertiary/aromatic N) is 1. The predicted octanol–water partition coefficient (Wildman–Crippen LogP) is 1.65. The van der Waals surface area contributed by atoms with Crippen molar-refractivity contribution in [1.82, 2.24) is 5.32 Å². The summed E-state index contributed by atoms with van der Waals surface area (Å²) in [6.07, 6.45) is 7.92. The minimum atomic E-state index is 0.334. The molecule has 2 rings (SSSR count). The number of aliphatic imine (C=N–C) groups is 1. The van der Waals surface area contributed by atoms with Gasteiger partial charge in [0.15, 0.2) is 5.96 Å². The highest BCUT2D eigenvalue weighted by molar-refractivity contribution is 5.78. The van der Waals surface area contributed by atoms with E-state index in [9.17, 15) is 0 Å². The lowest BCUT2D eigenvalue weighted by Gasteiger charge is -2.23. The van der Waals surface area contributed by atoms with Crippen molar-refractivity contribution in [2.24, 2.45) is 16.6 Å². The van der Waals surface area contributed by atoms with E-state index in [1.54, 1.807) is 0 Å². The van der Waals surface area contributed by atoms with Crippen LogP contribution in [0.15, 0.2) is 4.99 Å². The molecule has 0 aromatic heterocycles. The second kappa shape index (κ2) is 6.24. The van der Waals surface area contributed by atoms with Crippen LogP contribution in [0.3, 0.4) is 0 Å². The van der Waals surface area contributed by atoms with Crippen LogP contribution in [0.1, 0.15) is 45.4 Å². The molecular formula is C13H25N3O. The number of rotatable bonds is 3. The van der Waals surface area contributed by atoms with Crippen molar-refractivity contribution in [2.75, 3.05) is 13.2 Å². The second-order valence-electron chi connectivity index (χ2n) is 5.33. The zero-order chi connectivity index (χ0) is 12.1. The Labute approximate surface area is 104 Å². The standard InChI is InChI=1S/C13H25N3O/c1-10-11(7-8-17-10)9-15-13(14)16-12-5-3-2-4-6-12/h10-12H,2-9H2,1H3,(H3,14,15,16). The average molecular weight is 239 g/mol. The Morgan fingerprint density at radius 1 is 1.29 bits per heavy atom. The van der Waals surface area contributed by atoms with Crippen LogP contribution in [-0.4, -0.2) is 31.3 Å². The van der Waals surface area contributed by atoms with Gasteiger partial charge in [-0.15, -0.1) is 0 Å². The first-order chi connectivity index (χ1) is 8.25. The highest BCUT2D eigenvalue weighted by Crippen LogP contribution is 2.20. The Morgan fingerprint density at radius 3 is 2.71 bits per heavy atom. The first-order valence-corrected chi connectivity index (χ1v) is 6.94. The number of hydrogen-bond donors (Lipinski definition) is 2. The van der Waals surface area contributed by atoms with E-state index in [-0.39, 0.29) is 0 Å². The molecule has 0 spiro atoms. The van der Waals surface area contributed by atoms with Gasteiger partial charge in [-0.2, -0.15) is 0 Å². The largest absolute Gasteiger partial charge is 0.378 e. The van der Waals surface area contributed by atoms with Crippen LogP contribution in [0.5, 0.6) is 0 Å². The second-order valence-corrected chi connectivity index (χ2v) is 5.33. The summed E-state index contributed by atoms with van der Waals surface area (Å²) in [7, 11) is 0. The Morgan fingerprint density at radius 2 is 2.06 bits per heavy atom. The summed E-state index contributed by atoms with van der Waals surface area (Å²) in [5.41, 5.74) is 5.93. The Balaban J connectivity index is 1.72. The van der Waals surface area contributed by atoms with Gasteiger partial charge >= 0.3 is 0 Å². The molecule has 98 valence electrons. The third kappa shape index (κ3) is 3.87. The van der Waals surface area contributed by atoms with Gasteiger partial charge < -0.3 is 15.8 Å². The normalized spacial score (nSPS) is 31.7. The molecule has 1 saturated heterocycles. The van der Waals surface area contributed by atoms with Gasteiger partial charge in [0, 0.05) is 25.1 Å². The number of nitrogens with two attached hydrogens (primary N) is 1. The van der Waals surface area contributed by atoms with Crippen LogP contribution in [0, 0.1) is 5.92 Å². The van der Waals surface area contributed by atoms with Gasteiger partial charge in [-0.05, 0) is 26.2 Å². The fraction of sp³-hybridized carbons (Fsp3) is 0.923. The SMILES string of the molecule is CC1OCCC1CN=C(N)NC1CCCCC1. The summed E-state index contributed by atoms with van der Waals surface area (Å²) in [4.78, 5) is 4.45. The molecule has 0 radical (unpaired) electrons. The Kier molecular flexibility index (Phi) is 4.66. The smallest absolute Gasteiger partial charge is 0.188 e. The molecule has 2 atom stereocenters. The minimum Gasteiger partial charge on any atom is -0.378 e. The van der Waals surface area contributed by atoms with Gasteiger partial charge in [-0.25, -0.2) is 0 Å². The summed E-state index contributed by atoms with van der Waals surface area (Å²) in [6, 6.07) is 0.546. The zero-order valence-corrected chi connectivity index (χ0v) is 10.8. The molecule has 2 unspecified atom stereocenters. The fourth-order valence-electron chi connectivity index (χ4n) is 2.73. The topological polar surface area (TPSA) is 59.6 Å². The first kappa shape index (κ1) is 12.7. The molecule has 1 heterocycles. The van der Waals surface area contributed by atoms with Crippen LogP contribution in [0.4, 0.5) is 0 Å². The molecule has 4 heteroatoms. The van der Waals surface area contributed by atoms with Crippen LogP contribution in [-0.2, 0) is 4.74 Å². The Hall–Kier alpha value is -0.770. The molecule has 2 aliphatic rings. The summed E-state index contributed by atoms with van der Waals surface area (Å²) < 4.78 is 5.52. The van der Waals surface area contributed by atoms with Crippen molar-refractivity contribution in [3.05, 3.63) is 0 Å². The maximum atomic E-state index is 5.93. The maximum Gasteiger partial charge on any atom is 0.188 e. The highest BCUT2D eigenvalue weighted by Gasteiger charge is 2.23. The van der Waals surface area contributed by atoms with Gasteiger partial charge in [-0.1, -0.05) is 19.3 Å². The summed E-state index contributed by atoms with van der Waals surface area (Å²) in [6.45, 7) is 3.79. The molecule has 4 nitrogen and oxygen atoms in total. The van der Waals surface area contributed by atoms with E-state index in [4.69, 9.17) is 10.5 Å². The summed E-state index contributed by atoms with van der Waals surface area (Å²) in [5, 5.41) is 3.34. The van der Waals surface area contributed by atoms with E-state index in [2.05, 4.69) is 17.2 Å². The van der Waals surface area contributed by atoms with Crippen molar-refractivity contribution in [3.63, 3.8) is 0 Å². The van der Waals surface area contributed by atoms with E-state index in [0.29, 0.717) is 24.0 Å². The van der Waals surface area contributed by atoms with Gasteiger partial charge in [-0.3, -0.25) is 4.99 Å². The molecule has 1 aliphatic carbocycles. The number of hydrogen-bond acceptors (Lipinski definition) is 2. The number of ether oxygens (including phenoxy) is 1. The molecule has 0 aromatic carbocycles. The van der Waals surface area contributed by atoms with Crippen molar-refractivity contribution < 1.29 is 4.74 Å². The molecule has 0 amide bonds. The fourth-order valence-corrected chi connectivity index (χ4v) is 2.73. The van der Waals surface area contributed by atoms with Crippen molar-refractivity contribution >= 4 is 5.96 Å². The number of guanidine groups is 1. The van der Waals surface area contributed by atoms with Crippen LogP contribution in [0.2, 0.25) is 0 Å². The van der Waals surface area contributed by atoms with Gasteiger partial charge in [0.25, 0.3) is 0 Å². The lowest BCUT2D eigenvalue weighted by molar-refractivity contribution is 0.107. The first-order valence-electron chi connectivity index (χ1n) is 6.94. The summed E-state index contributed by atoms with van der Waals surface area (Å²) >= 11 is 0. The van der Waals surface area contributed by atoms with Gasteiger partial charge in [0.2, 0.25) is 0 Å². The van der Waals surface area contributed by atoms with Gasteiger partial charge in [0.05, 0.1) is 6.10 Å². The van der Waals surface area contributed by atoms with E-state index in [0.717, 1.165) is 19.6 Å². The van der Waals surface area contributed by atoms with Crippen LogP contribution < -0.4 is 11.1 Å². The molecule has 17 heavy (non-hydrogen) atoms. The number of nitrogens with one attached hydrogen (secondary N) is 1. The third-order valence-electron chi connectivity index (χ3n) is 3.99. The van der Waals surface area contributed by atoms with E-state index < -0.39 is 0 Å². The van der Waals surface area contributed by atoms with E-state index in [1.807, 2.05) is 0 Å². The average Bonchev–Trinajstić information content (AvgIpc) is 2.74. The monoisotopic (exact) mass is 239 g/mol. The summed E-state index contributed by atoms with van der Waals surface area (Å²) in [5.74, 6) is 1.16. The maximum absolute atomic E-state index is 5.93. The molecule has 1 aliphatic heterocycles. The molecular weight excluding hydrogens is 214 g/mol. The molecule has 3 N–H and O–H groups in total. The lowest BCUT2D eigenvalue weighted by atomic mass is 9.96. The van der Waals surface area contributed by atoms with Crippen molar-refractivity contribution in [2.45, 2.75) is 57.6 Å². The minimum absolute atomic E-state index is 0.334. The quantitative estimate of drug-likeness (QED) is 0.581. The van der Waals surface area contributed by atoms with E-state index >= 15 is 0 Å². The van der Waals surface area contributed by atoms with Gasteiger partial charge in [0.1, 0.15) is 0 Å². The zero-order valence-electron chi connectivity index (χ0n) is 10.8. The van der Waals surface area contributed by atoms with Crippen molar-refractivity contribution in [1.29, 1.82) is 0 Å². The molecule has 2 fully saturated rings. The molecule has 1 saturated carbocycles. The predicted molar refractivity (Wildman–Crippen MR) is 70.0 cm³/mol. The highest BCUT2D eigenvalue weighted by atomic mass is 16.5. The van der Waals surface area contributed by atoms with Crippen molar-refractivity contribution in [3.8, 4) is 0 Å². The van der Waals surface area contributed by atoms with Crippen LogP contribution in [0.25, 0.3) is 0 Å². The Bertz CT molecular complexity index is 261. The van der Waals surface area contributed by atoms with E-state index in [1.165, 1.54) is 32.1 Å². The molecule has 0 aromatic rings. The third-order valence-corrected chi connectivity index (χ3v) is 3.99. The molecule has 0 bridgehead atoms.